The summed E-state index contributed by atoms with van der Waals surface area (Å²) in [6.45, 7) is 9.87. The number of hydrogen-bond donors (Lipinski definition) is 1. The quantitative estimate of drug-likeness (QED) is 0.916. The second kappa shape index (κ2) is 6.45. The Labute approximate surface area is 130 Å². The molecule has 6 heteroatoms. The third-order valence-electron chi connectivity index (χ3n) is 2.83. The SMILES string of the molecule is CCn1cc(Oc2ncc(CNC(C)(C)C)cc2Cl)cn1. The van der Waals surface area contributed by atoms with E-state index in [9.17, 15) is 0 Å². The summed E-state index contributed by atoms with van der Waals surface area (Å²) in [6.07, 6.45) is 5.23. The number of nitrogens with zero attached hydrogens (tertiary/aromatic N) is 3. The molecular formula is C15H21ClN4O. The summed E-state index contributed by atoms with van der Waals surface area (Å²) in [5, 5.41) is 8.03. The standard InChI is InChI=1S/C15H21ClN4O/c1-5-20-10-12(9-19-20)21-14-13(16)6-11(7-17-14)8-18-15(2,3)4/h6-7,9-10,18H,5,8H2,1-4H3. The average Bonchev–Trinajstić information content (AvgIpc) is 2.86. The Balaban J connectivity index is 2.05. The summed E-state index contributed by atoms with van der Waals surface area (Å²) >= 11 is 6.23. The van der Waals surface area contributed by atoms with Crippen molar-refractivity contribution in [3.05, 3.63) is 35.2 Å². The van der Waals surface area contributed by atoms with Crippen molar-refractivity contribution in [2.24, 2.45) is 0 Å². The van der Waals surface area contributed by atoms with Crippen LogP contribution >= 0.6 is 11.6 Å². The summed E-state index contributed by atoms with van der Waals surface area (Å²) in [6, 6.07) is 1.87. The van der Waals surface area contributed by atoms with Gasteiger partial charge in [-0.3, -0.25) is 4.68 Å². The Morgan fingerprint density at radius 2 is 2.10 bits per heavy atom. The van der Waals surface area contributed by atoms with Crippen molar-refractivity contribution < 1.29 is 4.74 Å². The first-order valence-electron chi connectivity index (χ1n) is 6.97. The molecule has 0 amide bonds. The third-order valence-corrected chi connectivity index (χ3v) is 3.11. The number of hydrogen-bond acceptors (Lipinski definition) is 4. The van der Waals surface area contributed by atoms with Gasteiger partial charge in [0.05, 0.1) is 12.4 Å². The third kappa shape index (κ3) is 4.72. The van der Waals surface area contributed by atoms with E-state index in [1.165, 1.54) is 0 Å². The zero-order valence-corrected chi connectivity index (χ0v) is 13.6. The van der Waals surface area contributed by atoms with Crippen LogP contribution < -0.4 is 10.1 Å². The smallest absolute Gasteiger partial charge is 0.238 e. The van der Waals surface area contributed by atoms with Crippen LogP contribution in [0.15, 0.2) is 24.7 Å². The highest BCUT2D eigenvalue weighted by Crippen LogP contribution is 2.27. The molecule has 0 aromatic carbocycles. The van der Waals surface area contributed by atoms with Gasteiger partial charge in [0.15, 0.2) is 5.75 Å². The van der Waals surface area contributed by atoms with E-state index in [4.69, 9.17) is 16.3 Å². The maximum absolute atomic E-state index is 6.23. The molecule has 2 aromatic heterocycles. The summed E-state index contributed by atoms with van der Waals surface area (Å²) in [7, 11) is 0. The fourth-order valence-corrected chi connectivity index (χ4v) is 1.91. The molecule has 0 saturated heterocycles. The Morgan fingerprint density at radius 1 is 1.33 bits per heavy atom. The van der Waals surface area contributed by atoms with Gasteiger partial charge in [-0.2, -0.15) is 5.10 Å². The van der Waals surface area contributed by atoms with Gasteiger partial charge in [0.2, 0.25) is 5.88 Å². The van der Waals surface area contributed by atoms with Gasteiger partial charge < -0.3 is 10.1 Å². The lowest BCUT2D eigenvalue weighted by atomic mass is 10.1. The van der Waals surface area contributed by atoms with E-state index in [-0.39, 0.29) is 5.54 Å². The van der Waals surface area contributed by atoms with Crippen LogP contribution in [0, 0.1) is 0 Å². The second-order valence-corrected chi connectivity index (χ2v) is 6.28. The van der Waals surface area contributed by atoms with Crippen LogP contribution in [0.4, 0.5) is 0 Å². The van der Waals surface area contributed by atoms with Gasteiger partial charge in [-0.25, -0.2) is 4.98 Å². The fraction of sp³-hybridized carbons (Fsp3) is 0.467. The van der Waals surface area contributed by atoms with Crippen molar-refractivity contribution in [1.82, 2.24) is 20.1 Å². The minimum atomic E-state index is 0.0520. The van der Waals surface area contributed by atoms with Crippen molar-refractivity contribution in [3.8, 4) is 11.6 Å². The largest absolute Gasteiger partial charge is 0.434 e. The molecule has 0 bridgehead atoms. The minimum Gasteiger partial charge on any atom is -0.434 e. The Bertz CT molecular complexity index is 604. The molecule has 0 saturated carbocycles. The number of halogens is 1. The highest BCUT2D eigenvalue weighted by atomic mass is 35.5. The van der Waals surface area contributed by atoms with Crippen molar-refractivity contribution in [2.75, 3.05) is 0 Å². The lowest BCUT2D eigenvalue weighted by Crippen LogP contribution is -2.35. The second-order valence-electron chi connectivity index (χ2n) is 5.87. The molecule has 0 aliphatic heterocycles. The highest BCUT2D eigenvalue weighted by molar-refractivity contribution is 6.31. The number of rotatable bonds is 5. The Kier molecular flexibility index (Phi) is 4.85. The number of aryl methyl sites for hydroxylation is 1. The summed E-state index contributed by atoms with van der Waals surface area (Å²) in [4.78, 5) is 4.28. The molecule has 0 spiro atoms. The molecule has 0 unspecified atom stereocenters. The lowest BCUT2D eigenvalue weighted by molar-refractivity contribution is 0.423. The number of pyridine rings is 1. The van der Waals surface area contributed by atoms with Gasteiger partial charge in [0, 0.05) is 24.8 Å². The fourth-order valence-electron chi connectivity index (χ4n) is 1.69. The van der Waals surface area contributed by atoms with Crippen molar-refractivity contribution in [2.45, 2.75) is 46.3 Å². The van der Waals surface area contributed by atoms with Crippen LogP contribution in [0.1, 0.15) is 33.3 Å². The Morgan fingerprint density at radius 3 is 2.67 bits per heavy atom. The van der Waals surface area contributed by atoms with E-state index in [2.05, 4.69) is 36.2 Å². The predicted molar refractivity (Wildman–Crippen MR) is 83.8 cm³/mol. The summed E-state index contributed by atoms with van der Waals surface area (Å²) in [5.41, 5.74) is 1.07. The van der Waals surface area contributed by atoms with Gasteiger partial charge in [0.1, 0.15) is 5.02 Å². The van der Waals surface area contributed by atoms with E-state index >= 15 is 0 Å². The topological polar surface area (TPSA) is 52.0 Å². The molecule has 21 heavy (non-hydrogen) atoms. The van der Waals surface area contributed by atoms with Gasteiger partial charge in [-0.05, 0) is 39.3 Å². The van der Waals surface area contributed by atoms with E-state index in [0.29, 0.717) is 23.2 Å². The van der Waals surface area contributed by atoms with Crippen LogP contribution in [-0.4, -0.2) is 20.3 Å². The van der Waals surface area contributed by atoms with E-state index < -0.39 is 0 Å². The molecule has 0 fully saturated rings. The first-order valence-corrected chi connectivity index (χ1v) is 7.35. The highest BCUT2D eigenvalue weighted by Gasteiger charge is 2.11. The summed E-state index contributed by atoms with van der Waals surface area (Å²) < 4.78 is 7.43. The first kappa shape index (κ1) is 15.8. The summed E-state index contributed by atoms with van der Waals surface area (Å²) in [5.74, 6) is 1.03. The van der Waals surface area contributed by atoms with Gasteiger partial charge >= 0.3 is 0 Å². The maximum Gasteiger partial charge on any atom is 0.238 e. The average molecular weight is 309 g/mol. The molecule has 0 aliphatic rings. The molecule has 1 N–H and O–H groups in total. The van der Waals surface area contributed by atoms with E-state index in [1.807, 2.05) is 19.2 Å². The monoisotopic (exact) mass is 308 g/mol. The minimum absolute atomic E-state index is 0.0520. The van der Waals surface area contributed by atoms with Crippen LogP contribution in [-0.2, 0) is 13.1 Å². The van der Waals surface area contributed by atoms with Crippen LogP contribution in [0.25, 0.3) is 0 Å². The molecule has 114 valence electrons. The molecule has 2 rings (SSSR count). The molecule has 0 radical (unpaired) electrons. The molecule has 2 aromatic rings. The van der Waals surface area contributed by atoms with Gasteiger partial charge in [-0.15, -0.1) is 0 Å². The Hall–Kier alpha value is -1.59. The predicted octanol–water partition coefficient (Wildman–Crippen LogP) is 3.63. The van der Waals surface area contributed by atoms with Crippen LogP contribution in [0.2, 0.25) is 5.02 Å². The van der Waals surface area contributed by atoms with Gasteiger partial charge in [-0.1, -0.05) is 11.6 Å². The van der Waals surface area contributed by atoms with Crippen molar-refractivity contribution in [3.63, 3.8) is 0 Å². The number of nitrogens with one attached hydrogen (secondary N) is 1. The normalized spacial score (nSPS) is 11.7. The molecule has 0 aliphatic carbocycles. The van der Waals surface area contributed by atoms with Gasteiger partial charge in [0.25, 0.3) is 0 Å². The zero-order chi connectivity index (χ0) is 15.5. The number of aromatic nitrogens is 3. The molecule has 0 atom stereocenters. The molecular weight excluding hydrogens is 288 g/mol. The number of ether oxygens (including phenoxy) is 1. The first-order chi connectivity index (χ1) is 9.87. The van der Waals surface area contributed by atoms with Crippen molar-refractivity contribution in [1.29, 1.82) is 0 Å². The molecule has 2 heterocycles. The van der Waals surface area contributed by atoms with E-state index in [1.54, 1.807) is 17.1 Å². The maximum atomic E-state index is 6.23. The van der Waals surface area contributed by atoms with Crippen LogP contribution in [0.5, 0.6) is 11.6 Å². The van der Waals surface area contributed by atoms with E-state index in [0.717, 1.165) is 12.1 Å². The van der Waals surface area contributed by atoms with Crippen molar-refractivity contribution >= 4 is 11.6 Å². The zero-order valence-electron chi connectivity index (χ0n) is 12.9. The lowest BCUT2D eigenvalue weighted by Gasteiger charge is -2.20. The van der Waals surface area contributed by atoms with Crippen LogP contribution in [0.3, 0.4) is 0 Å². The molecule has 5 nitrogen and oxygen atoms in total.